The highest BCUT2D eigenvalue weighted by Gasteiger charge is 2.21. The average Bonchev–Trinajstić information content (AvgIpc) is 2.06. The molecule has 0 aliphatic carbocycles. The second-order valence-corrected chi connectivity index (χ2v) is 5.62. The van der Waals surface area contributed by atoms with E-state index in [-0.39, 0.29) is 0 Å². The van der Waals surface area contributed by atoms with E-state index in [9.17, 15) is 4.79 Å². The molecule has 3 N–H and O–H groups in total. The Labute approximate surface area is 80.5 Å². The standard InChI is InChI=1S/C7H13NO2S2/c8-5(7(9)10)4-6-11-2-1-3-12-6/h5-6H,1-4,8H2,(H,9,10). The van der Waals surface area contributed by atoms with E-state index in [1.807, 2.05) is 23.5 Å². The number of carboxylic acid groups (broad SMARTS) is 1. The molecule has 1 fully saturated rings. The molecular formula is C7H13NO2S2. The quantitative estimate of drug-likeness (QED) is 0.722. The van der Waals surface area contributed by atoms with Gasteiger partial charge in [0.25, 0.3) is 0 Å². The van der Waals surface area contributed by atoms with Crippen LogP contribution in [0.3, 0.4) is 0 Å². The van der Waals surface area contributed by atoms with Gasteiger partial charge in [-0.05, 0) is 24.3 Å². The molecule has 5 heteroatoms. The fourth-order valence-electron chi connectivity index (χ4n) is 0.981. The molecule has 1 saturated heterocycles. The molecule has 12 heavy (non-hydrogen) atoms. The summed E-state index contributed by atoms with van der Waals surface area (Å²) in [6.45, 7) is 0. The van der Waals surface area contributed by atoms with Crippen LogP contribution < -0.4 is 5.73 Å². The van der Waals surface area contributed by atoms with Crippen molar-refractivity contribution in [1.82, 2.24) is 0 Å². The Bertz CT molecular complexity index is 159. The van der Waals surface area contributed by atoms with Gasteiger partial charge < -0.3 is 10.8 Å². The van der Waals surface area contributed by atoms with Gasteiger partial charge in [-0.3, -0.25) is 4.79 Å². The van der Waals surface area contributed by atoms with Gasteiger partial charge in [0.1, 0.15) is 6.04 Å². The number of nitrogens with two attached hydrogens (primary N) is 1. The predicted octanol–water partition coefficient (Wildman–Crippen LogP) is 0.985. The minimum atomic E-state index is -0.887. The summed E-state index contributed by atoms with van der Waals surface area (Å²) < 4.78 is 0.393. The topological polar surface area (TPSA) is 63.3 Å². The van der Waals surface area contributed by atoms with Gasteiger partial charge in [0, 0.05) is 0 Å². The summed E-state index contributed by atoms with van der Waals surface area (Å²) in [5, 5.41) is 8.57. The summed E-state index contributed by atoms with van der Waals surface area (Å²) in [4.78, 5) is 10.4. The van der Waals surface area contributed by atoms with Crippen molar-refractivity contribution in [3.8, 4) is 0 Å². The predicted molar refractivity (Wildman–Crippen MR) is 53.5 cm³/mol. The lowest BCUT2D eigenvalue weighted by atomic mass is 10.2. The molecule has 0 saturated carbocycles. The van der Waals surface area contributed by atoms with Crippen LogP contribution in [0, 0.1) is 0 Å². The number of thioether (sulfide) groups is 2. The molecule has 1 rings (SSSR count). The maximum absolute atomic E-state index is 10.4. The van der Waals surface area contributed by atoms with E-state index < -0.39 is 12.0 Å². The van der Waals surface area contributed by atoms with Crippen molar-refractivity contribution in [3.63, 3.8) is 0 Å². The van der Waals surface area contributed by atoms with E-state index in [0.717, 1.165) is 11.5 Å². The molecule has 0 spiro atoms. The lowest BCUT2D eigenvalue weighted by Crippen LogP contribution is -2.33. The van der Waals surface area contributed by atoms with Gasteiger partial charge in [-0.1, -0.05) is 0 Å². The van der Waals surface area contributed by atoms with Crippen LogP contribution in [0.25, 0.3) is 0 Å². The summed E-state index contributed by atoms with van der Waals surface area (Å²) in [6, 6.07) is -0.687. The zero-order chi connectivity index (χ0) is 8.97. The summed E-state index contributed by atoms with van der Waals surface area (Å²) in [5.74, 6) is 1.40. The maximum atomic E-state index is 10.4. The Kier molecular flexibility index (Phi) is 4.25. The van der Waals surface area contributed by atoms with Gasteiger partial charge in [-0.25, -0.2) is 0 Å². The second-order valence-electron chi connectivity index (χ2n) is 2.71. The van der Waals surface area contributed by atoms with Crippen molar-refractivity contribution in [2.45, 2.75) is 23.5 Å². The molecule has 1 aliphatic heterocycles. The van der Waals surface area contributed by atoms with Gasteiger partial charge in [-0.2, -0.15) is 0 Å². The van der Waals surface area contributed by atoms with Crippen molar-refractivity contribution in [2.75, 3.05) is 11.5 Å². The third kappa shape index (κ3) is 3.25. The Morgan fingerprint density at radius 2 is 2.17 bits per heavy atom. The van der Waals surface area contributed by atoms with E-state index in [1.54, 1.807) is 0 Å². The van der Waals surface area contributed by atoms with Crippen LogP contribution in [0.2, 0.25) is 0 Å². The molecule has 70 valence electrons. The minimum absolute atomic E-state index is 0.393. The number of carbonyl (C=O) groups is 1. The summed E-state index contributed by atoms with van der Waals surface area (Å²) in [7, 11) is 0. The molecule has 0 bridgehead atoms. The normalized spacial score (nSPS) is 22.1. The molecule has 1 atom stereocenters. The largest absolute Gasteiger partial charge is 0.480 e. The monoisotopic (exact) mass is 207 g/mol. The van der Waals surface area contributed by atoms with Crippen LogP contribution in [-0.4, -0.2) is 33.2 Å². The summed E-state index contributed by atoms with van der Waals surface area (Å²) in [6.07, 6.45) is 1.82. The first-order valence-electron chi connectivity index (χ1n) is 3.91. The molecule has 0 aromatic carbocycles. The number of hydrogen-bond donors (Lipinski definition) is 2. The summed E-state index contributed by atoms with van der Waals surface area (Å²) >= 11 is 3.66. The first-order valence-corrected chi connectivity index (χ1v) is 6.01. The van der Waals surface area contributed by atoms with Crippen molar-refractivity contribution in [3.05, 3.63) is 0 Å². The van der Waals surface area contributed by atoms with E-state index in [4.69, 9.17) is 10.8 Å². The third-order valence-electron chi connectivity index (χ3n) is 1.66. The van der Waals surface area contributed by atoms with Crippen molar-refractivity contribution in [2.24, 2.45) is 5.73 Å². The van der Waals surface area contributed by atoms with E-state index in [0.29, 0.717) is 11.0 Å². The molecule has 0 aromatic rings. The number of rotatable bonds is 3. The van der Waals surface area contributed by atoms with Gasteiger partial charge >= 0.3 is 5.97 Å². The van der Waals surface area contributed by atoms with E-state index in [1.165, 1.54) is 6.42 Å². The molecular weight excluding hydrogens is 194 g/mol. The maximum Gasteiger partial charge on any atom is 0.320 e. The number of carboxylic acids is 1. The molecule has 1 aliphatic rings. The SMILES string of the molecule is NC(CC1SCCCS1)C(=O)O. The van der Waals surface area contributed by atoms with Crippen LogP contribution in [0.1, 0.15) is 12.8 Å². The van der Waals surface area contributed by atoms with Crippen LogP contribution in [0.5, 0.6) is 0 Å². The first-order chi connectivity index (χ1) is 5.70. The van der Waals surface area contributed by atoms with Crippen LogP contribution in [0.15, 0.2) is 0 Å². The fraction of sp³-hybridized carbons (Fsp3) is 0.857. The van der Waals surface area contributed by atoms with Crippen LogP contribution in [-0.2, 0) is 4.79 Å². The zero-order valence-electron chi connectivity index (χ0n) is 6.73. The highest BCUT2D eigenvalue weighted by Crippen LogP contribution is 2.33. The van der Waals surface area contributed by atoms with Gasteiger partial charge in [0.05, 0.1) is 4.58 Å². The molecule has 1 heterocycles. The Morgan fingerprint density at radius 3 is 2.67 bits per heavy atom. The molecule has 0 aromatic heterocycles. The highest BCUT2D eigenvalue weighted by molar-refractivity contribution is 8.17. The Hall–Kier alpha value is 0.130. The van der Waals surface area contributed by atoms with E-state index >= 15 is 0 Å². The van der Waals surface area contributed by atoms with Crippen LogP contribution in [0.4, 0.5) is 0 Å². The minimum Gasteiger partial charge on any atom is -0.480 e. The highest BCUT2D eigenvalue weighted by atomic mass is 32.2. The Morgan fingerprint density at radius 1 is 1.58 bits per heavy atom. The smallest absolute Gasteiger partial charge is 0.320 e. The average molecular weight is 207 g/mol. The number of aliphatic carboxylic acids is 1. The molecule has 0 radical (unpaired) electrons. The van der Waals surface area contributed by atoms with Crippen LogP contribution >= 0.6 is 23.5 Å². The summed E-state index contributed by atoms with van der Waals surface area (Å²) in [5.41, 5.74) is 5.42. The van der Waals surface area contributed by atoms with Gasteiger partial charge in [0.2, 0.25) is 0 Å². The lowest BCUT2D eigenvalue weighted by molar-refractivity contribution is -0.138. The zero-order valence-corrected chi connectivity index (χ0v) is 8.37. The lowest BCUT2D eigenvalue weighted by Gasteiger charge is -2.21. The molecule has 1 unspecified atom stereocenters. The van der Waals surface area contributed by atoms with Crippen molar-refractivity contribution in [1.29, 1.82) is 0 Å². The van der Waals surface area contributed by atoms with E-state index in [2.05, 4.69) is 0 Å². The van der Waals surface area contributed by atoms with Crippen molar-refractivity contribution >= 4 is 29.5 Å². The first kappa shape index (κ1) is 10.2. The van der Waals surface area contributed by atoms with Gasteiger partial charge in [0.15, 0.2) is 0 Å². The third-order valence-corrected chi connectivity index (χ3v) is 4.65. The number of hydrogen-bond acceptors (Lipinski definition) is 4. The van der Waals surface area contributed by atoms with Crippen molar-refractivity contribution < 1.29 is 9.90 Å². The Balaban J connectivity index is 2.24. The van der Waals surface area contributed by atoms with Gasteiger partial charge in [-0.15, -0.1) is 23.5 Å². The molecule has 3 nitrogen and oxygen atoms in total. The molecule has 0 amide bonds. The fourth-order valence-corrected chi connectivity index (χ4v) is 3.96. The second kappa shape index (κ2) is 4.99.